The van der Waals surface area contributed by atoms with Crippen molar-refractivity contribution in [3.05, 3.63) is 90.0 Å². The van der Waals surface area contributed by atoms with Gasteiger partial charge in [0.1, 0.15) is 0 Å². The van der Waals surface area contributed by atoms with Gasteiger partial charge < -0.3 is 5.32 Å². The van der Waals surface area contributed by atoms with Crippen LogP contribution in [0.1, 0.15) is 11.1 Å². The first kappa shape index (κ1) is 14.2. The van der Waals surface area contributed by atoms with Gasteiger partial charge in [0.2, 0.25) is 0 Å². The van der Waals surface area contributed by atoms with Crippen molar-refractivity contribution in [2.45, 2.75) is 5.08 Å². The van der Waals surface area contributed by atoms with Crippen molar-refractivity contribution >= 4 is 27.3 Å². The molecule has 1 unspecified atom stereocenters. The Labute approximate surface area is 144 Å². The van der Waals surface area contributed by atoms with Gasteiger partial charge in [-0.1, -0.05) is 72.8 Å². The lowest BCUT2D eigenvalue weighted by Gasteiger charge is -2.22. The molecule has 0 amide bonds. The zero-order chi connectivity index (χ0) is 15.6. The van der Waals surface area contributed by atoms with E-state index in [1.807, 2.05) is 18.2 Å². The van der Waals surface area contributed by atoms with E-state index in [1.54, 1.807) is 0 Å². The molecule has 0 radical (unpaired) electrons. The number of para-hydroxylation sites is 1. The summed E-state index contributed by atoms with van der Waals surface area (Å²) in [4.78, 5) is 4.72. The Kier molecular flexibility index (Phi) is 3.72. The minimum atomic E-state index is -0.0961. The highest BCUT2D eigenvalue weighted by molar-refractivity contribution is 9.09. The summed E-state index contributed by atoms with van der Waals surface area (Å²) in [5.74, 6) is 0. The van der Waals surface area contributed by atoms with Gasteiger partial charge in [-0.15, -0.1) is 0 Å². The van der Waals surface area contributed by atoms with Crippen molar-refractivity contribution in [2.24, 2.45) is 4.99 Å². The third-order valence-corrected chi connectivity index (χ3v) is 4.40. The highest BCUT2D eigenvalue weighted by Gasteiger charge is 2.19. The van der Waals surface area contributed by atoms with E-state index in [0.717, 1.165) is 22.5 Å². The van der Waals surface area contributed by atoms with E-state index in [0.29, 0.717) is 0 Å². The molecular formula is C20H15BrN2. The van der Waals surface area contributed by atoms with Crippen molar-refractivity contribution in [2.75, 3.05) is 5.32 Å². The van der Waals surface area contributed by atoms with E-state index >= 15 is 0 Å². The van der Waals surface area contributed by atoms with Gasteiger partial charge in [0.15, 0.2) is 5.08 Å². The van der Waals surface area contributed by atoms with E-state index in [-0.39, 0.29) is 5.08 Å². The molecule has 1 atom stereocenters. The van der Waals surface area contributed by atoms with Gasteiger partial charge in [-0.3, -0.25) is 0 Å². The van der Waals surface area contributed by atoms with Crippen LogP contribution in [0.3, 0.4) is 0 Å². The molecule has 0 saturated heterocycles. The summed E-state index contributed by atoms with van der Waals surface area (Å²) in [6.45, 7) is 0. The van der Waals surface area contributed by atoms with Crippen molar-refractivity contribution in [1.29, 1.82) is 0 Å². The van der Waals surface area contributed by atoms with Gasteiger partial charge in [0.25, 0.3) is 0 Å². The van der Waals surface area contributed by atoms with Crippen LogP contribution in [0.2, 0.25) is 0 Å². The molecule has 4 rings (SSSR count). The van der Waals surface area contributed by atoms with Crippen LogP contribution < -0.4 is 5.32 Å². The molecule has 0 spiro atoms. The summed E-state index contributed by atoms with van der Waals surface area (Å²) >= 11 is 3.55. The third kappa shape index (κ3) is 2.80. The second-order valence-corrected chi connectivity index (χ2v) is 6.31. The van der Waals surface area contributed by atoms with Crippen LogP contribution in [-0.2, 0) is 0 Å². The number of hydrogen-bond acceptors (Lipinski definition) is 2. The molecule has 0 saturated carbocycles. The number of nitrogens with zero attached hydrogens (tertiary/aromatic N) is 1. The van der Waals surface area contributed by atoms with Gasteiger partial charge in [0, 0.05) is 16.8 Å². The normalized spacial score (nSPS) is 16.2. The third-order valence-electron chi connectivity index (χ3n) is 3.96. The molecule has 3 heteroatoms. The monoisotopic (exact) mass is 362 g/mol. The summed E-state index contributed by atoms with van der Waals surface area (Å²) in [5.41, 5.74) is 6.82. The summed E-state index contributed by atoms with van der Waals surface area (Å²) < 4.78 is 0. The van der Waals surface area contributed by atoms with Crippen molar-refractivity contribution < 1.29 is 0 Å². The van der Waals surface area contributed by atoms with Crippen LogP contribution in [-0.4, -0.2) is 10.8 Å². The molecule has 3 aromatic rings. The first-order valence-corrected chi connectivity index (χ1v) is 8.46. The highest BCUT2D eigenvalue weighted by atomic mass is 79.9. The quantitative estimate of drug-likeness (QED) is 0.485. The zero-order valence-electron chi connectivity index (χ0n) is 12.4. The fraction of sp³-hybridized carbons (Fsp3) is 0.0500. The van der Waals surface area contributed by atoms with Gasteiger partial charge in [-0.25, -0.2) is 4.99 Å². The maximum Gasteiger partial charge on any atom is 0.176 e. The predicted molar refractivity (Wildman–Crippen MR) is 100 cm³/mol. The van der Waals surface area contributed by atoms with E-state index in [2.05, 4.69) is 81.9 Å². The van der Waals surface area contributed by atoms with Crippen LogP contribution in [0.5, 0.6) is 0 Å². The summed E-state index contributed by atoms with van der Waals surface area (Å²) in [6, 6.07) is 27.3. The Morgan fingerprint density at radius 3 is 2.09 bits per heavy atom. The molecule has 1 N–H and O–H groups in total. The first-order valence-electron chi connectivity index (χ1n) is 7.55. The molecule has 23 heavy (non-hydrogen) atoms. The number of hydrogen-bond donors (Lipinski definition) is 1. The number of anilines is 1. The first-order chi connectivity index (χ1) is 11.3. The van der Waals surface area contributed by atoms with E-state index in [4.69, 9.17) is 4.99 Å². The standard InChI is InChI=1S/C20H15BrN2/c21-20-22-18-9-5-4-8-17(18)19(23-20)16-12-10-15(11-13-16)14-6-2-1-3-7-14/h1-13,20,22H. The maximum atomic E-state index is 4.72. The van der Waals surface area contributed by atoms with Gasteiger partial charge in [-0.2, -0.15) is 0 Å². The molecule has 0 bridgehead atoms. The minimum Gasteiger partial charge on any atom is -0.354 e. The second-order valence-electron chi connectivity index (χ2n) is 5.45. The minimum absolute atomic E-state index is 0.0961. The van der Waals surface area contributed by atoms with Crippen LogP contribution in [0, 0.1) is 0 Å². The van der Waals surface area contributed by atoms with Crippen LogP contribution in [0.4, 0.5) is 5.69 Å². The Morgan fingerprint density at radius 2 is 1.30 bits per heavy atom. The van der Waals surface area contributed by atoms with Crippen LogP contribution >= 0.6 is 15.9 Å². The number of aliphatic imine (C=N–C) groups is 1. The number of rotatable bonds is 2. The average Bonchev–Trinajstić information content (AvgIpc) is 2.62. The van der Waals surface area contributed by atoms with Gasteiger partial charge in [-0.05, 0) is 33.1 Å². The highest BCUT2D eigenvalue weighted by Crippen LogP contribution is 2.28. The number of fused-ring (bicyclic) bond motifs is 1. The lowest BCUT2D eigenvalue weighted by atomic mass is 9.97. The molecule has 3 aromatic carbocycles. The average molecular weight is 363 g/mol. The van der Waals surface area contributed by atoms with Crippen molar-refractivity contribution in [1.82, 2.24) is 0 Å². The van der Waals surface area contributed by atoms with Gasteiger partial charge in [0.05, 0.1) is 5.71 Å². The number of halogens is 1. The smallest absolute Gasteiger partial charge is 0.176 e. The van der Waals surface area contributed by atoms with E-state index < -0.39 is 0 Å². The Bertz CT molecular complexity index is 854. The fourth-order valence-electron chi connectivity index (χ4n) is 2.84. The Balaban J connectivity index is 1.74. The molecule has 1 aliphatic heterocycles. The van der Waals surface area contributed by atoms with Crippen molar-refractivity contribution in [3.63, 3.8) is 0 Å². The molecule has 1 aliphatic rings. The molecular weight excluding hydrogens is 348 g/mol. The molecule has 1 heterocycles. The van der Waals surface area contributed by atoms with Gasteiger partial charge >= 0.3 is 0 Å². The lowest BCUT2D eigenvalue weighted by molar-refractivity contribution is 1.06. The zero-order valence-corrected chi connectivity index (χ0v) is 14.0. The summed E-state index contributed by atoms with van der Waals surface area (Å²) in [5, 5.41) is 3.23. The van der Waals surface area contributed by atoms with E-state index in [9.17, 15) is 0 Å². The lowest BCUT2D eigenvalue weighted by Crippen LogP contribution is -2.21. The molecule has 0 aliphatic carbocycles. The molecule has 112 valence electrons. The Morgan fingerprint density at radius 1 is 0.696 bits per heavy atom. The van der Waals surface area contributed by atoms with Crippen LogP contribution in [0.15, 0.2) is 83.9 Å². The Hall–Kier alpha value is -2.39. The molecule has 0 aromatic heterocycles. The fourth-order valence-corrected chi connectivity index (χ4v) is 3.29. The topological polar surface area (TPSA) is 24.4 Å². The summed E-state index contributed by atoms with van der Waals surface area (Å²) in [6.07, 6.45) is 0. The molecule has 0 fully saturated rings. The van der Waals surface area contributed by atoms with Crippen LogP contribution in [0.25, 0.3) is 11.1 Å². The van der Waals surface area contributed by atoms with Crippen molar-refractivity contribution in [3.8, 4) is 11.1 Å². The largest absolute Gasteiger partial charge is 0.354 e. The number of nitrogens with one attached hydrogen (secondary N) is 1. The number of alkyl halides is 1. The second kappa shape index (κ2) is 6.01. The summed E-state index contributed by atoms with van der Waals surface area (Å²) in [7, 11) is 0. The maximum absolute atomic E-state index is 4.72. The SMILES string of the molecule is BrC1N=C(c2ccc(-c3ccccc3)cc2)c2ccccc2N1. The molecule has 2 nitrogen and oxygen atoms in total. The number of benzene rings is 3. The van der Waals surface area contributed by atoms with E-state index in [1.165, 1.54) is 11.1 Å². The predicted octanol–water partition coefficient (Wildman–Crippen LogP) is 5.30.